The largest absolute Gasteiger partial charge is 0.398 e. The van der Waals surface area contributed by atoms with E-state index >= 15 is 0 Å². The molecule has 6 nitrogen and oxygen atoms in total. The maximum absolute atomic E-state index is 12.2. The lowest BCUT2D eigenvalue weighted by Gasteiger charge is -2.31. The standard InChI is InChI=1S/C15H19N3O3/c1-10(20)18-6-4-13(5-7-18)17-15(21)11-2-3-14(16)12(8-11)9-19/h2-3,8-9,13H,4-7,16H2,1H3,(H,17,21). The number of nitrogens with two attached hydrogens (primary N) is 1. The predicted molar refractivity (Wildman–Crippen MR) is 79.0 cm³/mol. The normalized spacial score (nSPS) is 15.6. The molecule has 0 atom stereocenters. The molecule has 3 N–H and O–H groups in total. The Labute approximate surface area is 123 Å². The number of nitrogens with one attached hydrogen (secondary N) is 1. The van der Waals surface area contributed by atoms with Crippen LogP contribution in [0.4, 0.5) is 5.69 Å². The van der Waals surface area contributed by atoms with E-state index in [9.17, 15) is 14.4 Å². The minimum atomic E-state index is -0.223. The molecule has 112 valence electrons. The summed E-state index contributed by atoms with van der Waals surface area (Å²) in [7, 11) is 0. The van der Waals surface area contributed by atoms with Crippen LogP contribution in [0.2, 0.25) is 0 Å². The fraction of sp³-hybridized carbons (Fsp3) is 0.400. The van der Waals surface area contributed by atoms with E-state index in [-0.39, 0.29) is 17.9 Å². The second-order valence-corrected chi connectivity index (χ2v) is 5.22. The Kier molecular flexibility index (Phi) is 4.57. The van der Waals surface area contributed by atoms with Gasteiger partial charge in [-0.2, -0.15) is 0 Å². The summed E-state index contributed by atoms with van der Waals surface area (Å²) in [6.45, 7) is 2.86. The molecule has 2 rings (SSSR count). The second kappa shape index (κ2) is 6.39. The number of anilines is 1. The smallest absolute Gasteiger partial charge is 0.251 e. The van der Waals surface area contributed by atoms with Crippen molar-refractivity contribution in [3.63, 3.8) is 0 Å². The molecule has 0 bridgehead atoms. The topological polar surface area (TPSA) is 92.5 Å². The van der Waals surface area contributed by atoms with Crippen molar-refractivity contribution in [2.24, 2.45) is 0 Å². The average Bonchev–Trinajstić information content (AvgIpc) is 2.48. The average molecular weight is 289 g/mol. The van der Waals surface area contributed by atoms with Crippen molar-refractivity contribution in [1.29, 1.82) is 0 Å². The molecule has 6 heteroatoms. The zero-order valence-electron chi connectivity index (χ0n) is 12.0. The fourth-order valence-corrected chi connectivity index (χ4v) is 2.43. The first-order chi connectivity index (χ1) is 10.0. The molecule has 21 heavy (non-hydrogen) atoms. The van der Waals surface area contributed by atoms with Gasteiger partial charge in [0.1, 0.15) is 0 Å². The SMILES string of the molecule is CC(=O)N1CCC(NC(=O)c2ccc(N)c(C=O)c2)CC1. The highest BCUT2D eigenvalue weighted by molar-refractivity contribution is 5.97. The number of nitrogens with zero attached hydrogens (tertiary/aromatic N) is 1. The van der Waals surface area contributed by atoms with Gasteiger partial charge < -0.3 is 16.0 Å². The number of carbonyl (C=O) groups excluding carboxylic acids is 3. The monoisotopic (exact) mass is 289 g/mol. The highest BCUT2D eigenvalue weighted by Crippen LogP contribution is 2.14. The van der Waals surface area contributed by atoms with Crippen LogP contribution in [0.25, 0.3) is 0 Å². The molecule has 0 aliphatic carbocycles. The highest BCUT2D eigenvalue weighted by Gasteiger charge is 2.22. The maximum atomic E-state index is 12.2. The minimum absolute atomic E-state index is 0.0466. The van der Waals surface area contributed by atoms with Gasteiger partial charge in [-0.1, -0.05) is 0 Å². The molecule has 1 heterocycles. The zero-order chi connectivity index (χ0) is 15.4. The Bertz CT molecular complexity index is 563. The van der Waals surface area contributed by atoms with Crippen molar-refractivity contribution in [2.75, 3.05) is 18.8 Å². The summed E-state index contributed by atoms with van der Waals surface area (Å²) in [6.07, 6.45) is 2.11. The number of rotatable bonds is 3. The van der Waals surface area contributed by atoms with Crippen molar-refractivity contribution in [2.45, 2.75) is 25.8 Å². The fourth-order valence-electron chi connectivity index (χ4n) is 2.43. The van der Waals surface area contributed by atoms with Crippen LogP contribution in [-0.4, -0.2) is 42.1 Å². The number of hydrogen-bond acceptors (Lipinski definition) is 4. The lowest BCUT2D eigenvalue weighted by Crippen LogP contribution is -2.46. The first-order valence-corrected chi connectivity index (χ1v) is 6.92. The van der Waals surface area contributed by atoms with Crippen LogP contribution in [0.3, 0.4) is 0 Å². The van der Waals surface area contributed by atoms with Crippen LogP contribution in [0, 0.1) is 0 Å². The van der Waals surface area contributed by atoms with Crippen molar-refractivity contribution in [3.8, 4) is 0 Å². The second-order valence-electron chi connectivity index (χ2n) is 5.22. The Morgan fingerprint density at radius 2 is 2.00 bits per heavy atom. The molecule has 0 aromatic heterocycles. The molecule has 2 amide bonds. The quantitative estimate of drug-likeness (QED) is 0.636. The van der Waals surface area contributed by atoms with Gasteiger partial charge in [0.25, 0.3) is 5.91 Å². The first-order valence-electron chi connectivity index (χ1n) is 6.92. The van der Waals surface area contributed by atoms with Gasteiger partial charge in [0, 0.05) is 42.9 Å². The molecule has 1 aliphatic rings. The number of carbonyl (C=O) groups is 3. The lowest BCUT2D eigenvalue weighted by atomic mass is 10.0. The van der Waals surface area contributed by atoms with E-state index in [1.165, 1.54) is 6.07 Å². The van der Waals surface area contributed by atoms with Crippen LogP contribution in [0.5, 0.6) is 0 Å². The van der Waals surface area contributed by atoms with Gasteiger partial charge in [0.2, 0.25) is 5.91 Å². The van der Waals surface area contributed by atoms with Gasteiger partial charge in [0.05, 0.1) is 0 Å². The minimum Gasteiger partial charge on any atom is -0.398 e. The number of benzene rings is 1. The number of aldehydes is 1. The van der Waals surface area contributed by atoms with Crippen molar-refractivity contribution < 1.29 is 14.4 Å². The van der Waals surface area contributed by atoms with Gasteiger partial charge in [-0.15, -0.1) is 0 Å². The van der Waals surface area contributed by atoms with Crippen molar-refractivity contribution in [1.82, 2.24) is 10.2 Å². The van der Waals surface area contributed by atoms with Gasteiger partial charge in [0.15, 0.2) is 6.29 Å². The van der Waals surface area contributed by atoms with E-state index in [1.807, 2.05) is 0 Å². The van der Waals surface area contributed by atoms with Gasteiger partial charge in [-0.25, -0.2) is 0 Å². The molecule has 0 unspecified atom stereocenters. The first kappa shape index (κ1) is 15.0. The Morgan fingerprint density at radius 3 is 2.57 bits per heavy atom. The van der Waals surface area contributed by atoms with E-state index in [2.05, 4.69) is 5.32 Å². The van der Waals surface area contributed by atoms with Gasteiger partial charge in [-0.3, -0.25) is 14.4 Å². The van der Waals surface area contributed by atoms with E-state index < -0.39 is 0 Å². The lowest BCUT2D eigenvalue weighted by molar-refractivity contribution is -0.129. The van der Waals surface area contributed by atoms with Crippen molar-refractivity contribution >= 4 is 23.8 Å². The predicted octanol–water partition coefficient (Wildman–Crippen LogP) is 0.822. The molecular weight excluding hydrogens is 270 g/mol. The van der Waals surface area contributed by atoms with Crippen LogP contribution in [0.1, 0.15) is 40.5 Å². The molecule has 0 radical (unpaired) electrons. The zero-order valence-corrected chi connectivity index (χ0v) is 12.0. The summed E-state index contributed by atoms with van der Waals surface area (Å²) in [6, 6.07) is 4.69. The summed E-state index contributed by atoms with van der Waals surface area (Å²) in [5.74, 6) is -0.159. The summed E-state index contributed by atoms with van der Waals surface area (Å²) in [5, 5.41) is 2.93. The molecule has 0 spiro atoms. The molecule has 1 aromatic rings. The maximum Gasteiger partial charge on any atom is 0.251 e. The van der Waals surface area contributed by atoms with E-state index in [0.717, 1.165) is 12.8 Å². The number of piperidine rings is 1. The summed E-state index contributed by atoms with van der Waals surface area (Å²) < 4.78 is 0. The molecular formula is C15H19N3O3. The molecule has 1 saturated heterocycles. The number of amides is 2. The number of likely N-dealkylation sites (tertiary alicyclic amines) is 1. The number of nitrogen functional groups attached to an aromatic ring is 1. The Hall–Kier alpha value is -2.37. The molecule has 1 aliphatic heterocycles. The Balaban J connectivity index is 1.96. The van der Waals surface area contributed by atoms with Gasteiger partial charge >= 0.3 is 0 Å². The van der Waals surface area contributed by atoms with E-state index in [0.29, 0.717) is 36.2 Å². The van der Waals surface area contributed by atoms with Crippen LogP contribution in [0.15, 0.2) is 18.2 Å². The van der Waals surface area contributed by atoms with Gasteiger partial charge in [-0.05, 0) is 31.0 Å². The summed E-state index contributed by atoms with van der Waals surface area (Å²) in [4.78, 5) is 36.0. The third-order valence-electron chi connectivity index (χ3n) is 3.75. The Morgan fingerprint density at radius 1 is 1.33 bits per heavy atom. The van der Waals surface area contributed by atoms with E-state index in [1.54, 1.807) is 24.0 Å². The van der Waals surface area contributed by atoms with E-state index in [4.69, 9.17) is 5.73 Å². The van der Waals surface area contributed by atoms with Crippen LogP contribution < -0.4 is 11.1 Å². The van der Waals surface area contributed by atoms with Crippen molar-refractivity contribution in [3.05, 3.63) is 29.3 Å². The third-order valence-corrected chi connectivity index (χ3v) is 3.75. The molecule has 1 aromatic carbocycles. The summed E-state index contributed by atoms with van der Waals surface area (Å²) >= 11 is 0. The molecule has 1 fully saturated rings. The highest BCUT2D eigenvalue weighted by atomic mass is 16.2. The third kappa shape index (κ3) is 3.59. The summed E-state index contributed by atoms with van der Waals surface area (Å²) in [5.41, 5.74) is 6.72. The molecule has 0 saturated carbocycles. The van der Waals surface area contributed by atoms with Crippen LogP contribution >= 0.6 is 0 Å². The van der Waals surface area contributed by atoms with Crippen LogP contribution in [-0.2, 0) is 4.79 Å². The number of hydrogen-bond donors (Lipinski definition) is 2.